The molecule has 0 aromatic carbocycles. The summed E-state index contributed by atoms with van der Waals surface area (Å²) in [6, 6.07) is 1.75. The van der Waals surface area contributed by atoms with E-state index < -0.39 is 0 Å². The zero-order valence-electron chi connectivity index (χ0n) is 10.2. The van der Waals surface area contributed by atoms with E-state index in [-0.39, 0.29) is 6.03 Å². The second-order valence-corrected chi connectivity index (χ2v) is 4.39. The summed E-state index contributed by atoms with van der Waals surface area (Å²) in [5.41, 5.74) is 1.02. The van der Waals surface area contributed by atoms with Gasteiger partial charge in [0, 0.05) is 24.8 Å². The number of hydrogen-bond donors (Lipinski definition) is 2. The van der Waals surface area contributed by atoms with Crippen molar-refractivity contribution in [2.45, 2.75) is 19.8 Å². The molecule has 2 rings (SSSR count). The Kier molecular flexibility index (Phi) is 3.63. The number of anilines is 1. The van der Waals surface area contributed by atoms with Crippen LogP contribution in [0.5, 0.6) is 0 Å². The Morgan fingerprint density at radius 2 is 2.24 bits per heavy atom. The van der Waals surface area contributed by atoms with E-state index in [0.29, 0.717) is 38.0 Å². The predicted molar refractivity (Wildman–Crippen MR) is 64.1 cm³/mol. The number of rotatable bonds is 2. The van der Waals surface area contributed by atoms with Crippen molar-refractivity contribution in [1.29, 1.82) is 0 Å². The van der Waals surface area contributed by atoms with E-state index in [1.807, 2.05) is 6.07 Å². The van der Waals surface area contributed by atoms with E-state index in [0.717, 1.165) is 5.69 Å². The first-order valence-corrected chi connectivity index (χ1v) is 5.86. The van der Waals surface area contributed by atoms with Crippen LogP contribution in [-0.4, -0.2) is 47.4 Å². The molecule has 0 atom stereocenters. The molecule has 6 nitrogen and oxygen atoms in total. The fourth-order valence-electron chi connectivity index (χ4n) is 1.65. The van der Waals surface area contributed by atoms with Crippen molar-refractivity contribution in [3.8, 4) is 0 Å². The predicted octanol–water partition coefficient (Wildman–Crippen LogP) is 1.40. The molecule has 0 bridgehead atoms. The summed E-state index contributed by atoms with van der Waals surface area (Å²) < 4.78 is 5.19. The summed E-state index contributed by atoms with van der Waals surface area (Å²) >= 11 is 0. The maximum absolute atomic E-state index is 11.9. The molecule has 0 aliphatic carbocycles. The van der Waals surface area contributed by atoms with Crippen molar-refractivity contribution >= 4 is 11.8 Å². The highest BCUT2D eigenvalue weighted by Gasteiger charge is 2.17. The molecule has 2 heterocycles. The zero-order chi connectivity index (χ0) is 12.3. The van der Waals surface area contributed by atoms with E-state index in [1.165, 1.54) is 0 Å². The highest BCUT2D eigenvalue weighted by Crippen LogP contribution is 2.15. The molecule has 2 N–H and O–H groups in total. The largest absolute Gasteiger partial charge is 0.378 e. The smallest absolute Gasteiger partial charge is 0.323 e. The third kappa shape index (κ3) is 2.97. The maximum atomic E-state index is 11.9. The van der Waals surface area contributed by atoms with Crippen LogP contribution in [0.1, 0.15) is 25.5 Å². The van der Waals surface area contributed by atoms with Crippen molar-refractivity contribution in [3.63, 3.8) is 0 Å². The average molecular weight is 238 g/mol. The normalized spacial score (nSPS) is 16.3. The summed E-state index contributed by atoms with van der Waals surface area (Å²) in [5.74, 6) is 0.946. The maximum Gasteiger partial charge on any atom is 0.323 e. The summed E-state index contributed by atoms with van der Waals surface area (Å²) in [6.07, 6.45) is 0. The Hall–Kier alpha value is -1.56. The molecule has 0 radical (unpaired) electrons. The van der Waals surface area contributed by atoms with Gasteiger partial charge in [0.25, 0.3) is 0 Å². The van der Waals surface area contributed by atoms with Crippen LogP contribution in [0.25, 0.3) is 0 Å². The SMILES string of the molecule is CC(C)c1cc(NC(=O)N2CCOCC2)n[nH]1. The van der Waals surface area contributed by atoms with Crippen LogP contribution in [0.2, 0.25) is 0 Å². The lowest BCUT2D eigenvalue weighted by Gasteiger charge is -2.26. The standard InChI is InChI=1S/C11H18N4O2/c1-8(2)9-7-10(14-13-9)12-11(16)15-3-5-17-6-4-15/h7-8H,3-6H2,1-2H3,(H2,12,13,14,16). The van der Waals surface area contributed by atoms with Crippen LogP contribution in [-0.2, 0) is 4.74 Å². The summed E-state index contributed by atoms with van der Waals surface area (Å²) in [5, 5.41) is 9.74. The Balaban J connectivity index is 1.92. The van der Waals surface area contributed by atoms with Gasteiger partial charge in [-0.05, 0) is 5.92 Å². The Labute approximate surface area is 100 Å². The van der Waals surface area contributed by atoms with Crippen LogP contribution >= 0.6 is 0 Å². The Morgan fingerprint density at radius 1 is 1.53 bits per heavy atom. The number of nitrogens with one attached hydrogen (secondary N) is 2. The monoisotopic (exact) mass is 238 g/mol. The van der Waals surface area contributed by atoms with Gasteiger partial charge in [0.15, 0.2) is 5.82 Å². The van der Waals surface area contributed by atoms with Crippen LogP contribution in [0.15, 0.2) is 6.07 Å². The Bertz CT molecular complexity index is 383. The van der Waals surface area contributed by atoms with Gasteiger partial charge in [-0.3, -0.25) is 10.4 Å². The van der Waals surface area contributed by atoms with Crippen LogP contribution in [0.3, 0.4) is 0 Å². The van der Waals surface area contributed by atoms with E-state index in [1.54, 1.807) is 4.90 Å². The van der Waals surface area contributed by atoms with Crippen LogP contribution < -0.4 is 5.32 Å². The van der Waals surface area contributed by atoms with Crippen molar-refractivity contribution in [1.82, 2.24) is 15.1 Å². The minimum atomic E-state index is -0.116. The van der Waals surface area contributed by atoms with E-state index in [2.05, 4.69) is 29.4 Å². The van der Waals surface area contributed by atoms with Crippen molar-refractivity contribution < 1.29 is 9.53 Å². The van der Waals surface area contributed by atoms with Gasteiger partial charge in [-0.25, -0.2) is 4.79 Å². The van der Waals surface area contributed by atoms with Crippen molar-refractivity contribution in [3.05, 3.63) is 11.8 Å². The van der Waals surface area contributed by atoms with E-state index >= 15 is 0 Å². The highest BCUT2D eigenvalue weighted by atomic mass is 16.5. The number of H-pyrrole nitrogens is 1. The first-order chi connectivity index (χ1) is 8.16. The van der Waals surface area contributed by atoms with E-state index in [9.17, 15) is 4.79 Å². The van der Waals surface area contributed by atoms with Crippen LogP contribution in [0.4, 0.5) is 10.6 Å². The minimum absolute atomic E-state index is 0.116. The quantitative estimate of drug-likeness (QED) is 0.818. The molecule has 6 heteroatoms. The van der Waals surface area contributed by atoms with Gasteiger partial charge in [0.1, 0.15) is 0 Å². The first kappa shape index (κ1) is 11.9. The molecule has 1 aromatic rings. The molecule has 1 aromatic heterocycles. The second kappa shape index (κ2) is 5.18. The van der Waals surface area contributed by atoms with Gasteiger partial charge in [-0.2, -0.15) is 5.10 Å². The third-order valence-corrected chi connectivity index (χ3v) is 2.75. The topological polar surface area (TPSA) is 70.2 Å². The Morgan fingerprint density at radius 3 is 2.82 bits per heavy atom. The lowest BCUT2D eigenvalue weighted by molar-refractivity contribution is 0.0564. The molecule has 2 amide bonds. The number of nitrogens with zero attached hydrogens (tertiary/aromatic N) is 2. The highest BCUT2D eigenvalue weighted by molar-refractivity contribution is 5.88. The minimum Gasteiger partial charge on any atom is -0.378 e. The van der Waals surface area contributed by atoms with Crippen LogP contribution in [0, 0.1) is 0 Å². The van der Waals surface area contributed by atoms with Gasteiger partial charge in [-0.15, -0.1) is 0 Å². The molecular formula is C11H18N4O2. The molecule has 94 valence electrons. The lowest BCUT2D eigenvalue weighted by Crippen LogP contribution is -2.43. The van der Waals surface area contributed by atoms with Gasteiger partial charge >= 0.3 is 6.03 Å². The molecule has 1 aliphatic heterocycles. The second-order valence-electron chi connectivity index (χ2n) is 4.39. The summed E-state index contributed by atoms with van der Waals surface area (Å²) in [4.78, 5) is 13.6. The van der Waals surface area contributed by atoms with Crippen molar-refractivity contribution in [2.75, 3.05) is 31.6 Å². The molecule has 1 saturated heterocycles. The number of aromatic amines is 1. The summed E-state index contributed by atoms with van der Waals surface area (Å²) in [7, 11) is 0. The molecule has 0 spiro atoms. The lowest BCUT2D eigenvalue weighted by atomic mass is 10.1. The molecule has 1 aliphatic rings. The molecule has 0 saturated carbocycles. The van der Waals surface area contributed by atoms with E-state index in [4.69, 9.17) is 4.74 Å². The average Bonchev–Trinajstić information content (AvgIpc) is 2.79. The molecule has 17 heavy (non-hydrogen) atoms. The first-order valence-electron chi connectivity index (χ1n) is 5.86. The van der Waals surface area contributed by atoms with Gasteiger partial charge in [0.05, 0.1) is 13.2 Å². The number of carbonyl (C=O) groups excluding carboxylic acids is 1. The fourth-order valence-corrected chi connectivity index (χ4v) is 1.65. The number of morpholine rings is 1. The number of amides is 2. The number of urea groups is 1. The molecule has 0 unspecified atom stereocenters. The number of hydrogen-bond acceptors (Lipinski definition) is 3. The number of carbonyl (C=O) groups is 1. The van der Waals surface area contributed by atoms with Gasteiger partial charge in [-0.1, -0.05) is 13.8 Å². The van der Waals surface area contributed by atoms with Gasteiger partial charge < -0.3 is 9.64 Å². The van der Waals surface area contributed by atoms with Crippen molar-refractivity contribution in [2.24, 2.45) is 0 Å². The number of aromatic nitrogens is 2. The zero-order valence-corrected chi connectivity index (χ0v) is 10.2. The fraction of sp³-hybridized carbons (Fsp3) is 0.636. The summed E-state index contributed by atoms with van der Waals surface area (Å²) in [6.45, 7) is 6.61. The van der Waals surface area contributed by atoms with Gasteiger partial charge in [0.2, 0.25) is 0 Å². The third-order valence-electron chi connectivity index (χ3n) is 2.75. The number of ether oxygens (including phenoxy) is 1. The molecular weight excluding hydrogens is 220 g/mol. The molecule has 1 fully saturated rings.